The van der Waals surface area contributed by atoms with E-state index in [1.165, 1.54) is 0 Å². The van der Waals surface area contributed by atoms with Crippen molar-refractivity contribution >= 4 is 0 Å². The molecule has 1 atom stereocenters. The largest absolute Gasteiger partial charge is 0.371 e. The Balaban J connectivity index is 3.17. The van der Waals surface area contributed by atoms with E-state index in [9.17, 15) is 0 Å². The van der Waals surface area contributed by atoms with Gasteiger partial charge >= 0.3 is 0 Å². The van der Waals surface area contributed by atoms with Crippen LogP contribution in [0.25, 0.3) is 0 Å². The smallest absolute Gasteiger partial charge is 0.192 e. The molecule has 5 nitrogen and oxygen atoms in total. The summed E-state index contributed by atoms with van der Waals surface area (Å²) < 4.78 is 4.14. The van der Waals surface area contributed by atoms with Gasteiger partial charge in [0.1, 0.15) is 6.79 Å². The molecule has 0 fully saturated rings. The maximum atomic E-state index is 8.15. The van der Waals surface area contributed by atoms with E-state index in [0.29, 0.717) is 0 Å². The average Bonchev–Trinajstić information content (AvgIpc) is 1.67. The number of nitrogens with two attached hydrogens (primary N) is 1. The second-order valence-corrected chi connectivity index (χ2v) is 1.17. The fourth-order valence-electron chi connectivity index (χ4n) is 0.172. The number of ether oxygens (including phenoxy) is 1. The molecule has 5 heteroatoms. The Bertz CT molecular complexity index is 57.2. The highest BCUT2D eigenvalue weighted by atomic mass is 16.6. The van der Waals surface area contributed by atoms with Crippen LogP contribution in [0.3, 0.4) is 0 Å². The van der Waals surface area contributed by atoms with Gasteiger partial charge in [0.2, 0.25) is 0 Å². The van der Waals surface area contributed by atoms with Crippen molar-refractivity contribution < 1.29 is 20.1 Å². The zero-order valence-corrected chi connectivity index (χ0v) is 4.19. The lowest BCUT2D eigenvalue weighted by atomic mass is 10.6. The van der Waals surface area contributed by atoms with Gasteiger partial charge in [0.05, 0.1) is 0 Å². The predicted octanol–water partition coefficient (Wildman–Crippen LogP) is -2.45. The van der Waals surface area contributed by atoms with E-state index in [4.69, 9.17) is 21.1 Å². The molecule has 0 saturated heterocycles. The lowest BCUT2D eigenvalue weighted by Gasteiger charge is -2.11. The summed E-state index contributed by atoms with van der Waals surface area (Å²) in [5.74, 6) is 0. The van der Waals surface area contributed by atoms with Gasteiger partial charge in [-0.25, -0.2) is 0 Å². The number of hydrogen-bond acceptors (Lipinski definition) is 5. The van der Waals surface area contributed by atoms with E-state index in [1.54, 1.807) is 0 Å². The molecular formula is C3H9NO4. The second-order valence-electron chi connectivity index (χ2n) is 1.17. The van der Waals surface area contributed by atoms with Crippen LogP contribution in [0.5, 0.6) is 0 Å². The standard InChI is InChI=1S/C3H9NO4/c4-2(3(6)7)8-1-5/h2-3,5-7H,1,4H2. The molecule has 0 aliphatic heterocycles. The summed E-state index contributed by atoms with van der Waals surface area (Å²) in [6.07, 6.45) is -2.96. The lowest BCUT2D eigenvalue weighted by Crippen LogP contribution is -2.37. The van der Waals surface area contributed by atoms with Crippen LogP contribution in [0.4, 0.5) is 0 Å². The maximum Gasteiger partial charge on any atom is 0.192 e. The molecule has 0 radical (unpaired) electrons. The molecule has 0 heterocycles. The van der Waals surface area contributed by atoms with Gasteiger partial charge in [-0.1, -0.05) is 0 Å². The van der Waals surface area contributed by atoms with Crippen molar-refractivity contribution in [3.63, 3.8) is 0 Å². The van der Waals surface area contributed by atoms with Crippen molar-refractivity contribution in [3.05, 3.63) is 0 Å². The Labute approximate surface area is 46.3 Å². The molecule has 8 heavy (non-hydrogen) atoms. The fraction of sp³-hybridized carbons (Fsp3) is 1.00. The zero-order chi connectivity index (χ0) is 6.57. The molecule has 0 saturated carbocycles. The van der Waals surface area contributed by atoms with Crippen LogP contribution in [-0.4, -0.2) is 34.6 Å². The van der Waals surface area contributed by atoms with Crippen molar-refractivity contribution in [2.24, 2.45) is 5.73 Å². The Morgan fingerprint density at radius 3 is 2.12 bits per heavy atom. The second kappa shape index (κ2) is 3.76. The summed E-state index contributed by atoms with van der Waals surface area (Å²) in [5, 5.41) is 24.3. The van der Waals surface area contributed by atoms with Gasteiger partial charge in [0, 0.05) is 0 Å². The first-order chi connectivity index (χ1) is 3.68. The normalized spacial score (nSPS) is 14.6. The third kappa shape index (κ3) is 2.89. The van der Waals surface area contributed by atoms with Gasteiger partial charge in [-0.05, 0) is 0 Å². The summed E-state index contributed by atoms with van der Waals surface area (Å²) in [5.41, 5.74) is 4.84. The number of aliphatic hydroxyl groups excluding tert-OH is 2. The molecule has 0 spiro atoms. The molecule has 50 valence electrons. The third-order valence-corrected chi connectivity index (χ3v) is 0.561. The van der Waals surface area contributed by atoms with Crippen LogP contribution in [-0.2, 0) is 4.74 Å². The molecule has 5 N–H and O–H groups in total. The average molecular weight is 123 g/mol. The van der Waals surface area contributed by atoms with E-state index in [2.05, 4.69) is 4.74 Å². The highest BCUT2D eigenvalue weighted by Gasteiger charge is 2.08. The van der Waals surface area contributed by atoms with Crippen LogP contribution >= 0.6 is 0 Å². The molecule has 0 rings (SSSR count). The third-order valence-electron chi connectivity index (χ3n) is 0.561. The first-order valence-electron chi connectivity index (χ1n) is 2.02. The minimum atomic E-state index is -1.73. The van der Waals surface area contributed by atoms with E-state index in [0.717, 1.165) is 0 Å². The number of rotatable bonds is 3. The maximum absolute atomic E-state index is 8.15. The van der Waals surface area contributed by atoms with Crippen LogP contribution in [0.1, 0.15) is 0 Å². The quantitative estimate of drug-likeness (QED) is 0.312. The highest BCUT2D eigenvalue weighted by molar-refractivity contribution is 4.44. The van der Waals surface area contributed by atoms with E-state index in [-0.39, 0.29) is 0 Å². The summed E-state index contributed by atoms with van der Waals surface area (Å²) in [7, 11) is 0. The Morgan fingerprint density at radius 1 is 1.50 bits per heavy atom. The summed E-state index contributed by atoms with van der Waals surface area (Å²) in [6.45, 7) is -0.612. The van der Waals surface area contributed by atoms with Crippen molar-refractivity contribution in [2.75, 3.05) is 6.79 Å². The van der Waals surface area contributed by atoms with Crippen LogP contribution < -0.4 is 5.73 Å². The van der Waals surface area contributed by atoms with Crippen LogP contribution in [0.2, 0.25) is 0 Å². The monoisotopic (exact) mass is 123 g/mol. The Kier molecular flexibility index (Phi) is 3.67. The first kappa shape index (κ1) is 7.80. The summed E-state index contributed by atoms with van der Waals surface area (Å²) in [4.78, 5) is 0. The Hall–Kier alpha value is -0.200. The summed E-state index contributed by atoms with van der Waals surface area (Å²) in [6, 6.07) is 0. The van der Waals surface area contributed by atoms with Gasteiger partial charge in [-0.15, -0.1) is 0 Å². The molecule has 0 aliphatic carbocycles. The molecular weight excluding hydrogens is 114 g/mol. The van der Waals surface area contributed by atoms with Crippen LogP contribution in [0, 0.1) is 0 Å². The highest BCUT2D eigenvalue weighted by Crippen LogP contribution is 1.84. The molecule has 0 aliphatic rings. The van der Waals surface area contributed by atoms with Crippen molar-refractivity contribution in [2.45, 2.75) is 12.5 Å². The minimum Gasteiger partial charge on any atom is -0.371 e. The van der Waals surface area contributed by atoms with Crippen molar-refractivity contribution in [3.8, 4) is 0 Å². The molecule has 0 bridgehead atoms. The van der Waals surface area contributed by atoms with E-state index in [1.807, 2.05) is 0 Å². The molecule has 0 aromatic rings. The molecule has 0 aromatic heterocycles. The zero-order valence-electron chi connectivity index (χ0n) is 4.19. The Morgan fingerprint density at radius 2 is 2.00 bits per heavy atom. The lowest BCUT2D eigenvalue weighted by molar-refractivity contribution is -0.169. The van der Waals surface area contributed by atoms with Gasteiger partial charge in [-0.2, -0.15) is 0 Å². The van der Waals surface area contributed by atoms with Gasteiger partial charge < -0.3 is 25.8 Å². The van der Waals surface area contributed by atoms with E-state index < -0.39 is 19.3 Å². The number of hydrogen-bond donors (Lipinski definition) is 4. The topological polar surface area (TPSA) is 95.9 Å². The predicted molar refractivity (Wildman–Crippen MR) is 24.4 cm³/mol. The van der Waals surface area contributed by atoms with Crippen LogP contribution in [0.15, 0.2) is 0 Å². The number of aliphatic hydroxyl groups is 3. The van der Waals surface area contributed by atoms with Gasteiger partial charge in [0.15, 0.2) is 12.5 Å². The molecule has 0 aromatic carbocycles. The fourth-order valence-corrected chi connectivity index (χ4v) is 0.172. The molecule has 1 unspecified atom stereocenters. The first-order valence-corrected chi connectivity index (χ1v) is 2.02. The summed E-state index contributed by atoms with van der Waals surface area (Å²) >= 11 is 0. The van der Waals surface area contributed by atoms with Crippen molar-refractivity contribution in [1.82, 2.24) is 0 Å². The molecule has 0 amide bonds. The van der Waals surface area contributed by atoms with Gasteiger partial charge in [-0.3, -0.25) is 0 Å². The SMILES string of the molecule is NC(OCO)C(O)O. The van der Waals surface area contributed by atoms with E-state index >= 15 is 0 Å². The minimum absolute atomic E-state index is 0.612. The van der Waals surface area contributed by atoms with Gasteiger partial charge in [0.25, 0.3) is 0 Å². The van der Waals surface area contributed by atoms with Crippen molar-refractivity contribution in [1.29, 1.82) is 0 Å².